The van der Waals surface area contributed by atoms with Gasteiger partial charge in [-0.2, -0.15) is 0 Å². The molecule has 0 N–H and O–H groups in total. The lowest BCUT2D eigenvalue weighted by Gasteiger charge is -2.12. The highest BCUT2D eigenvalue weighted by molar-refractivity contribution is 7.26. The van der Waals surface area contributed by atoms with Crippen LogP contribution < -0.4 is 0 Å². The summed E-state index contributed by atoms with van der Waals surface area (Å²) < 4.78 is 2.70. The molecule has 0 aliphatic heterocycles. The average Bonchev–Trinajstić information content (AvgIpc) is 3.23. The third-order valence-electron chi connectivity index (χ3n) is 6.35. The number of nitrogens with zero attached hydrogens (tertiary/aromatic N) is 1. The number of aromatic nitrogens is 1. The van der Waals surface area contributed by atoms with Gasteiger partial charge in [0.05, 0.1) is 0 Å². The summed E-state index contributed by atoms with van der Waals surface area (Å²) in [5.41, 5.74) is 2.56. The molecule has 7 aromatic rings. The van der Waals surface area contributed by atoms with Gasteiger partial charge < -0.3 is 0 Å². The van der Waals surface area contributed by atoms with Crippen LogP contribution in [0, 0.1) is 0 Å². The van der Waals surface area contributed by atoms with E-state index >= 15 is 0 Å². The van der Waals surface area contributed by atoms with Gasteiger partial charge in [-0.25, -0.2) is 0 Å². The van der Waals surface area contributed by atoms with Crippen LogP contribution in [0.1, 0.15) is 0 Å². The van der Waals surface area contributed by atoms with Crippen LogP contribution in [-0.2, 0) is 0 Å². The first-order chi connectivity index (χ1) is 15.4. The van der Waals surface area contributed by atoms with Crippen molar-refractivity contribution in [2.75, 3.05) is 0 Å². The highest BCUT2D eigenvalue weighted by Crippen LogP contribution is 2.42. The number of thiophene rings is 1. The molecule has 0 fully saturated rings. The van der Waals surface area contributed by atoms with Crippen molar-refractivity contribution in [3.8, 4) is 11.1 Å². The second kappa shape index (κ2) is 6.37. The first kappa shape index (κ1) is 17.0. The van der Waals surface area contributed by atoms with Gasteiger partial charge >= 0.3 is 0 Å². The van der Waals surface area contributed by atoms with E-state index in [1.165, 1.54) is 63.6 Å². The van der Waals surface area contributed by atoms with Crippen molar-refractivity contribution < 1.29 is 0 Å². The molecule has 0 radical (unpaired) electrons. The molecule has 2 aromatic heterocycles. The van der Waals surface area contributed by atoms with Crippen molar-refractivity contribution in [1.29, 1.82) is 0 Å². The third-order valence-corrected chi connectivity index (χ3v) is 7.57. The van der Waals surface area contributed by atoms with E-state index in [9.17, 15) is 0 Å². The summed E-state index contributed by atoms with van der Waals surface area (Å²) in [6.07, 6.45) is 3.88. The maximum absolute atomic E-state index is 4.42. The minimum atomic E-state index is 1.21. The van der Waals surface area contributed by atoms with Gasteiger partial charge in [0.15, 0.2) is 0 Å². The minimum absolute atomic E-state index is 1.21. The lowest BCUT2D eigenvalue weighted by atomic mass is 9.92. The van der Waals surface area contributed by atoms with Crippen LogP contribution in [0.25, 0.3) is 63.6 Å². The summed E-state index contributed by atoms with van der Waals surface area (Å²) in [5, 5.41) is 10.3. The number of pyridine rings is 1. The lowest BCUT2D eigenvalue weighted by Crippen LogP contribution is -1.86. The molecule has 144 valence electrons. The molecule has 0 amide bonds. The van der Waals surface area contributed by atoms with E-state index in [1.54, 1.807) is 0 Å². The van der Waals surface area contributed by atoms with Crippen LogP contribution in [0.5, 0.6) is 0 Å². The topological polar surface area (TPSA) is 12.9 Å². The van der Waals surface area contributed by atoms with Gasteiger partial charge in [-0.1, -0.05) is 72.8 Å². The van der Waals surface area contributed by atoms with Crippen LogP contribution in [0.3, 0.4) is 0 Å². The number of hydrogen-bond acceptors (Lipinski definition) is 2. The molecule has 0 aliphatic carbocycles. The Labute approximate surface area is 183 Å². The molecule has 5 aromatic carbocycles. The highest BCUT2D eigenvalue weighted by atomic mass is 32.1. The first-order valence-electron chi connectivity index (χ1n) is 10.5. The van der Waals surface area contributed by atoms with Crippen LogP contribution in [0.15, 0.2) is 103 Å². The Morgan fingerprint density at radius 3 is 2.13 bits per heavy atom. The SMILES string of the molecule is c1ccc2c(c1)sc1c(-c3ccc4c5cnccc5c5ccccc5c4c3)cccc12. The van der Waals surface area contributed by atoms with Crippen LogP contribution >= 0.6 is 11.3 Å². The summed E-state index contributed by atoms with van der Waals surface area (Å²) in [7, 11) is 0. The molecule has 0 atom stereocenters. The summed E-state index contributed by atoms with van der Waals surface area (Å²) in [6, 6.07) is 33.1. The van der Waals surface area contributed by atoms with Gasteiger partial charge in [0.25, 0.3) is 0 Å². The fourth-order valence-corrected chi connectivity index (χ4v) is 6.18. The predicted molar refractivity (Wildman–Crippen MR) is 135 cm³/mol. The molecule has 0 bridgehead atoms. The molecule has 31 heavy (non-hydrogen) atoms. The Balaban J connectivity index is 1.60. The Hall–Kier alpha value is -3.75. The number of fused-ring (bicyclic) bond motifs is 9. The molecule has 0 saturated heterocycles. The summed E-state index contributed by atoms with van der Waals surface area (Å²) >= 11 is 1.88. The van der Waals surface area contributed by atoms with Crippen molar-refractivity contribution >= 4 is 63.8 Å². The molecular weight excluding hydrogens is 394 g/mol. The van der Waals surface area contributed by atoms with E-state index in [4.69, 9.17) is 0 Å². The van der Waals surface area contributed by atoms with Gasteiger partial charge in [0.2, 0.25) is 0 Å². The molecule has 2 heteroatoms. The van der Waals surface area contributed by atoms with Crippen molar-refractivity contribution in [1.82, 2.24) is 4.98 Å². The average molecular weight is 412 g/mol. The quantitative estimate of drug-likeness (QED) is 0.247. The maximum atomic E-state index is 4.42. The van der Waals surface area contributed by atoms with E-state index in [0.717, 1.165) is 0 Å². The monoisotopic (exact) mass is 411 g/mol. The van der Waals surface area contributed by atoms with Crippen molar-refractivity contribution in [3.05, 3.63) is 103 Å². The zero-order valence-electron chi connectivity index (χ0n) is 16.7. The lowest BCUT2D eigenvalue weighted by molar-refractivity contribution is 1.37. The number of rotatable bonds is 1. The fourth-order valence-electron chi connectivity index (χ4n) is 4.94. The van der Waals surface area contributed by atoms with Crippen LogP contribution in [-0.4, -0.2) is 4.98 Å². The largest absolute Gasteiger partial charge is 0.264 e. The van der Waals surface area contributed by atoms with E-state index in [1.807, 2.05) is 23.7 Å². The van der Waals surface area contributed by atoms with Gasteiger partial charge in [-0.3, -0.25) is 4.98 Å². The van der Waals surface area contributed by atoms with Gasteiger partial charge in [0.1, 0.15) is 0 Å². The van der Waals surface area contributed by atoms with Crippen molar-refractivity contribution in [2.24, 2.45) is 0 Å². The van der Waals surface area contributed by atoms with E-state index in [2.05, 4.69) is 96.0 Å². The van der Waals surface area contributed by atoms with Crippen molar-refractivity contribution in [3.63, 3.8) is 0 Å². The molecular formula is C29H17NS. The fraction of sp³-hybridized carbons (Fsp3) is 0. The number of benzene rings is 5. The van der Waals surface area contributed by atoms with Crippen LogP contribution in [0.4, 0.5) is 0 Å². The third kappa shape index (κ3) is 2.40. The Bertz CT molecular complexity index is 1760. The first-order valence-corrected chi connectivity index (χ1v) is 11.3. The van der Waals surface area contributed by atoms with Crippen molar-refractivity contribution in [2.45, 2.75) is 0 Å². The Morgan fingerprint density at radius 1 is 0.516 bits per heavy atom. The summed E-state index contributed by atoms with van der Waals surface area (Å²) in [4.78, 5) is 4.42. The molecule has 1 nitrogen and oxygen atoms in total. The Kier molecular flexibility index (Phi) is 3.49. The smallest absolute Gasteiger partial charge is 0.0433 e. The molecule has 0 aliphatic rings. The number of hydrogen-bond donors (Lipinski definition) is 0. The molecule has 0 unspecified atom stereocenters. The molecule has 0 saturated carbocycles. The van der Waals surface area contributed by atoms with Gasteiger partial charge in [-0.05, 0) is 56.3 Å². The molecule has 2 heterocycles. The Morgan fingerprint density at radius 2 is 1.23 bits per heavy atom. The standard InChI is InChI=1S/C29H17NS/c1-2-7-21-20(6-1)23-14-15-30-17-27(23)22-13-12-18(16-26(21)22)19-9-5-10-25-24-8-3-4-11-28(24)31-29(19)25/h1-17H. The zero-order valence-corrected chi connectivity index (χ0v) is 17.5. The second-order valence-corrected chi connectivity index (χ2v) is 9.06. The van der Waals surface area contributed by atoms with E-state index in [0.29, 0.717) is 0 Å². The normalized spacial score (nSPS) is 11.9. The molecule has 7 rings (SSSR count). The summed E-state index contributed by atoms with van der Waals surface area (Å²) in [5.74, 6) is 0. The zero-order chi connectivity index (χ0) is 20.4. The maximum Gasteiger partial charge on any atom is 0.0433 e. The summed E-state index contributed by atoms with van der Waals surface area (Å²) in [6.45, 7) is 0. The van der Waals surface area contributed by atoms with Gasteiger partial charge in [0, 0.05) is 38.0 Å². The van der Waals surface area contributed by atoms with Gasteiger partial charge in [-0.15, -0.1) is 11.3 Å². The molecule has 0 spiro atoms. The second-order valence-electron chi connectivity index (χ2n) is 8.01. The minimum Gasteiger partial charge on any atom is -0.264 e. The van der Waals surface area contributed by atoms with Crippen LogP contribution in [0.2, 0.25) is 0 Å². The highest BCUT2D eigenvalue weighted by Gasteiger charge is 2.13. The van der Waals surface area contributed by atoms with E-state index < -0.39 is 0 Å². The predicted octanol–water partition coefficient (Wildman–Crippen LogP) is 8.58. The van der Waals surface area contributed by atoms with E-state index in [-0.39, 0.29) is 0 Å².